The van der Waals surface area contributed by atoms with Gasteiger partial charge in [-0.05, 0) is 44.0 Å². The third-order valence-corrected chi connectivity index (χ3v) is 5.86. The van der Waals surface area contributed by atoms with Crippen molar-refractivity contribution in [2.45, 2.75) is 44.9 Å². The van der Waals surface area contributed by atoms with Gasteiger partial charge in [-0.15, -0.1) is 0 Å². The maximum atomic E-state index is 12.7. The van der Waals surface area contributed by atoms with Gasteiger partial charge in [0.15, 0.2) is 0 Å². The number of hydrogen-bond acceptors (Lipinski definition) is 6. The molecule has 0 saturated carbocycles. The highest BCUT2D eigenvalue weighted by Gasteiger charge is 2.43. The number of esters is 1. The minimum Gasteiger partial charge on any atom is -0.467 e. The number of methoxy groups -OCH3 is 1. The van der Waals surface area contributed by atoms with Crippen molar-refractivity contribution in [1.82, 2.24) is 4.90 Å². The standard InChI is InChI=1S/C24H25BrN2O5/c1-24(2,3)31-23(29)27-13-15(12-20(27)22(28)30-4)32-26-21-18-8-6-5-7-16(18)17-10-9-14(25)11-19(17)21/h5-11,15,20H,12-13H2,1-4H3/b26-21-/t15-,20+/m1/s1. The monoisotopic (exact) mass is 500 g/mol. The zero-order valence-corrected chi connectivity index (χ0v) is 20.0. The summed E-state index contributed by atoms with van der Waals surface area (Å²) in [6.07, 6.45) is -0.773. The Balaban J connectivity index is 1.59. The Kier molecular flexibility index (Phi) is 5.99. The Labute approximate surface area is 195 Å². The first-order chi connectivity index (χ1) is 15.2. The zero-order chi connectivity index (χ0) is 23.0. The van der Waals surface area contributed by atoms with Gasteiger partial charge in [0.1, 0.15) is 23.5 Å². The van der Waals surface area contributed by atoms with Gasteiger partial charge in [-0.25, -0.2) is 9.59 Å². The van der Waals surface area contributed by atoms with Crippen LogP contribution in [0.15, 0.2) is 52.1 Å². The van der Waals surface area contributed by atoms with E-state index in [1.54, 1.807) is 20.8 Å². The van der Waals surface area contributed by atoms with Crippen molar-refractivity contribution >= 4 is 33.7 Å². The maximum Gasteiger partial charge on any atom is 0.411 e. The van der Waals surface area contributed by atoms with E-state index in [0.717, 1.165) is 32.4 Å². The quantitative estimate of drug-likeness (QED) is 0.383. The van der Waals surface area contributed by atoms with E-state index in [9.17, 15) is 9.59 Å². The number of rotatable bonds is 3. The van der Waals surface area contributed by atoms with Crippen molar-refractivity contribution in [2.24, 2.45) is 5.16 Å². The van der Waals surface area contributed by atoms with Gasteiger partial charge in [-0.2, -0.15) is 0 Å². The first kappa shape index (κ1) is 22.3. The molecular formula is C24H25BrN2O5. The van der Waals surface area contributed by atoms with Gasteiger partial charge in [0.25, 0.3) is 0 Å². The lowest BCUT2D eigenvalue weighted by Gasteiger charge is -2.27. The predicted octanol–water partition coefficient (Wildman–Crippen LogP) is 4.75. The number of benzene rings is 2. The van der Waals surface area contributed by atoms with Gasteiger partial charge >= 0.3 is 12.1 Å². The summed E-state index contributed by atoms with van der Waals surface area (Å²) in [6.45, 7) is 5.52. The fourth-order valence-corrected chi connectivity index (χ4v) is 4.36. The summed E-state index contributed by atoms with van der Waals surface area (Å²) in [5, 5.41) is 4.48. The van der Waals surface area contributed by atoms with Crippen LogP contribution >= 0.6 is 15.9 Å². The first-order valence-corrected chi connectivity index (χ1v) is 11.2. The van der Waals surface area contributed by atoms with Crippen LogP contribution in [0.1, 0.15) is 38.3 Å². The fourth-order valence-electron chi connectivity index (χ4n) is 4.00. The molecule has 0 radical (unpaired) electrons. The number of nitrogens with zero attached hydrogens (tertiary/aromatic N) is 2. The Hall–Kier alpha value is -2.87. The number of hydrogen-bond donors (Lipinski definition) is 0. The molecule has 2 atom stereocenters. The Morgan fingerprint density at radius 1 is 1.06 bits per heavy atom. The molecule has 2 aliphatic rings. The number of ether oxygens (including phenoxy) is 2. The average Bonchev–Trinajstić information content (AvgIpc) is 3.29. The number of amides is 1. The van der Waals surface area contributed by atoms with Crippen molar-refractivity contribution in [3.63, 3.8) is 0 Å². The third-order valence-electron chi connectivity index (χ3n) is 5.37. The van der Waals surface area contributed by atoms with Crippen LogP contribution in [0, 0.1) is 0 Å². The van der Waals surface area contributed by atoms with E-state index in [1.165, 1.54) is 12.0 Å². The second-order valence-electron chi connectivity index (χ2n) is 8.81. The molecule has 0 N–H and O–H groups in total. The third kappa shape index (κ3) is 4.37. The van der Waals surface area contributed by atoms with E-state index in [4.69, 9.17) is 14.3 Å². The number of fused-ring (bicyclic) bond motifs is 3. The minimum atomic E-state index is -0.780. The smallest absolute Gasteiger partial charge is 0.411 e. The molecule has 1 fully saturated rings. The number of likely N-dealkylation sites (tertiary alicyclic amines) is 1. The van der Waals surface area contributed by atoms with Crippen LogP contribution in [-0.4, -0.2) is 54.1 Å². The van der Waals surface area contributed by atoms with Crippen LogP contribution in [0.3, 0.4) is 0 Å². The molecule has 0 bridgehead atoms. The number of carbonyl (C=O) groups excluding carboxylic acids is 2. The number of carbonyl (C=O) groups is 2. The summed E-state index contributed by atoms with van der Waals surface area (Å²) in [6, 6.07) is 13.3. The highest BCUT2D eigenvalue weighted by molar-refractivity contribution is 9.10. The van der Waals surface area contributed by atoms with Gasteiger partial charge in [-0.3, -0.25) is 4.90 Å². The molecular weight excluding hydrogens is 476 g/mol. The Morgan fingerprint density at radius 3 is 2.44 bits per heavy atom. The second-order valence-corrected chi connectivity index (χ2v) is 9.73. The molecule has 168 valence electrons. The average molecular weight is 501 g/mol. The van der Waals surface area contributed by atoms with Crippen LogP contribution in [0.5, 0.6) is 0 Å². The van der Waals surface area contributed by atoms with Gasteiger partial charge in [0, 0.05) is 22.0 Å². The van der Waals surface area contributed by atoms with Crippen molar-refractivity contribution in [3.05, 3.63) is 58.1 Å². The van der Waals surface area contributed by atoms with Crippen LogP contribution in [0.2, 0.25) is 0 Å². The van der Waals surface area contributed by atoms with Crippen LogP contribution in [0.4, 0.5) is 4.79 Å². The lowest BCUT2D eigenvalue weighted by molar-refractivity contribution is -0.145. The lowest BCUT2D eigenvalue weighted by Crippen LogP contribution is -2.44. The van der Waals surface area contributed by atoms with Crippen molar-refractivity contribution in [2.75, 3.05) is 13.7 Å². The number of halogens is 1. The van der Waals surface area contributed by atoms with Crippen molar-refractivity contribution in [1.29, 1.82) is 0 Å². The van der Waals surface area contributed by atoms with E-state index in [-0.39, 0.29) is 13.0 Å². The van der Waals surface area contributed by atoms with Crippen molar-refractivity contribution in [3.8, 4) is 11.1 Å². The summed E-state index contributed by atoms with van der Waals surface area (Å²) < 4.78 is 11.3. The highest BCUT2D eigenvalue weighted by Crippen LogP contribution is 2.38. The first-order valence-electron chi connectivity index (χ1n) is 10.4. The molecule has 1 saturated heterocycles. The highest BCUT2D eigenvalue weighted by atomic mass is 79.9. The summed E-state index contributed by atoms with van der Waals surface area (Å²) >= 11 is 3.53. The minimum absolute atomic E-state index is 0.179. The lowest BCUT2D eigenvalue weighted by atomic mass is 10.1. The molecule has 1 aliphatic carbocycles. The summed E-state index contributed by atoms with van der Waals surface area (Å²) in [4.78, 5) is 32.2. The van der Waals surface area contributed by atoms with Gasteiger partial charge in [0.2, 0.25) is 0 Å². The molecule has 2 aromatic rings. The summed E-state index contributed by atoms with van der Waals surface area (Å²) in [5.74, 6) is -0.505. The summed E-state index contributed by atoms with van der Waals surface area (Å²) in [5.41, 5.74) is 4.16. The van der Waals surface area contributed by atoms with E-state index in [2.05, 4.69) is 27.2 Å². The Bertz CT molecular complexity index is 1090. The van der Waals surface area contributed by atoms with Gasteiger partial charge in [0.05, 0.1) is 13.7 Å². The Morgan fingerprint density at radius 2 is 1.75 bits per heavy atom. The SMILES string of the molecule is COC(=O)[C@@H]1C[C@@H](O/N=C2/c3ccccc3-c3ccc(Br)cc32)CN1C(=O)OC(C)(C)C. The molecule has 7 nitrogen and oxygen atoms in total. The molecule has 8 heteroatoms. The van der Waals surface area contributed by atoms with Crippen molar-refractivity contribution < 1.29 is 23.9 Å². The van der Waals surface area contributed by atoms with Gasteiger partial charge < -0.3 is 14.3 Å². The molecule has 1 amide bonds. The van der Waals surface area contributed by atoms with Crippen LogP contribution in [0.25, 0.3) is 11.1 Å². The molecule has 1 heterocycles. The molecule has 0 aromatic heterocycles. The molecule has 4 rings (SSSR count). The zero-order valence-electron chi connectivity index (χ0n) is 18.4. The van der Waals surface area contributed by atoms with E-state index in [0.29, 0.717) is 0 Å². The molecule has 32 heavy (non-hydrogen) atoms. The number of oxime groups is 1. The normalized spacial score (nSPS) is 20.7. The molecule has 2 aromatic carbocycles. The molecule has 0 unspecified atom stereocenters. The van der Waals surface area contributed by atoms with Crippen LogP contribution < -0.4 is 0 Å². The van der Waals surface area contributed by atoms with E-state index >= 15 is 0 Å². The topological polar surface area (TPSA) is 77.4 Å². The summed E-state index contributed by atoms with van der Waals surface area (Å²) in [7, 11) is 1.30. The molecule has 1 aliphatic heterocycles. The molecule has 0 spiro atoms. The van der Waals surface area contributed by atoms with Gasteiger partial charge in [-0.1, -0.05) is 51.4 Å². The van der Waals surface area contributed by atoms with E-state index < -0.39 is 29.8 Å². The van der Waals surface area contributed by atoms with Crippen LogP contribution in [-0.2, 0) is 19.1 Å². The van der Waals surface area contributed by atoms with E-state index in [1.807, 2.05) is 36.4 Å². The fraction of sp³-hybridized carbons (Fsp3) is 0.375. The largest absolute Gasteiger partial charge is 0.467 e. The second kappa shape index (κ2) is 8.58. The maximum absolute atomic E-state index is 12.7. The predicted molar refractivity (Wildman–Crippen MR) is 123 cm³/mol.